The van der Waals surface area contributed by atoms with Gasteiger partial charge in [0.25, 0.3) is 0 Å². The molecule has 5 heteroatoms. The fourth-order valence-corrected chi connectivity index (χ4v) is 3.37. The van der Waals surface area contributed by atoms with Gasteiger partial charge >= 0.3 is 0 Å². The predicted octanol–water partition coefficient (Wildman–Crippen LogP) is 3.49. The average molecular weight is 349 g/mol. The molecule has 1 aliphatic rings. The minimum atomic E-state index is -0.225. The minimum Gasteiger partial charge on any atom is -0.352 e. The van der Waals surface area contributed by atoms with E-state index in [0.717, 1.165) is 11.1 Å². The zero-order chi connectivity index (χ0) is 17.9. The zero-order valence-corrected chi connectivity index (χ0v) is 14.3. The molecule has 0 radical (unpaired) electrons. The number of nitrogens with zero attached hydrogens (tertiary/aromatic N) is 2. The number of hydrogen-bond acceptors (Lipinski definition) is 2. The van der Waals surface area contributed by atoms with Gasteiger partial charge in [0, 0.05) is 24.9 Å². The van der Waals surface area contributed by atoms with E-state index >= 15 is 0 Å². The third-order valence-electron chi connectivity index (χ3n) is 4.89. The molecule has 0 bridgehead atoms. The normalized spacial score (nSPS) is 18.5. The highest BCUT2D eigenvalue weighted by Gasteiger charge is 2.44. The summed E-state index contributed by atoms with van der Waals surface area (Å²) >= 11 is 0. The first kappa shape index (κ1) is 16.5. The van der Waals surface area contributed by atoms with Crippen LogP contribution in [-0.4, -0.2) is 15.7 Å². The van der Waals surface area contributed by atoms with Crippen molar-refractivity contribution in [3.05, 3.63) is 89.5 Å². The minimum absolute atomic E-state index is 0.00415. The summed E-state index contributed by atoms with van der Waals surface area (Å²) in [6, 6.07) is 16.6. The van der Waals surface area contributed by atoms with Crippen LogP contribution >= 0.6 is 0 Å². The fourth-order valence-electron chi connectivity index (χ4n) is 3.37. The van der Waals surface area contributed by atoms with Crippen molar-refractivity contribution < 1.29 is 9.18 Å². The molecule has 1 N–H and O–H groups in total. The lowest BCUT2D eigenvalue weighted by Crippen LogP contribution is -2.25. The molecule has 0 unspecified atom stereocenters. The van der Waals surface area contributed by atoms with Crippen LogP contribution in [0.5, 0.6) is 0 Å². The first-order chi connectivity index (χ1) is 12.7. The van der Waals surface area contributed by atoms with Crippen LogP contribution in [0.4, 0.5) is 4.39 Å². The van der Waals surface area contributed by atoms with E-state index in [1.807, 2.05) is 47.3 Å². The number of aromatic nitrogens is 2. The van der Waals surface area contributed by atoms with Crippen molar-refractivity contribution in [2.45, 2.75) is 25.4 Å². The lowest BCUT2D eigenvalue weighted by Gasteiger charge is -2.11. The predicted molar refractivity (Wildman–Crippen MR) is 96.9 cm³/mol. The molecule has 1 aliphatic carbocycles. The number of hydrogen-bond donors (Lipinski definition) is 1. The highest BCUT2D eigenvalue weighted by molar-refractivity contribution is 5.82. The van der Waals surface area contributed by atoms with Gasteiger partial charge in [-0.3, -0.25) is 9.48 Å². The van der Waals surface area contributed by atoms with Gasteiger partial charge in [0.1, 0.15) is 5.82 Å². The molecule has 1 fully saturated rings. The molecule has 4 nitrogen and oxygen atoms in total. The Hall–Kier alpha value is -2.95. The first-order valence-corrected chi connectivity index (χ1v) is 8.78. The summed E-state index contributed by atoms with van der Waals surface area (Å²) in [6.45, 7) is 1.14. The van der Waals surface area contributed by atoms with Gasteiger partial charge in [-0.25, -0.2) is 4.39 Å². The molecule has 0 spiro atoms. The number of benzene rings is 2. The number of halogens is 1. The molecule has 0 aliphatic heterocycles. The maximum atomic E-state index is 13.9. The monoisotopic (exact) mass is 349 g/mol. The maximum absolute atomic E-state index is 13.9. The van der Waals surface area contributed by atoms with Gasteiger partial charge in [0.05, 0.1) is 6.54 Å². The second-order valence-corrected chi connectivity index (χ2v) is 6.66. The van der Waals surface area contributed by atoms with Crippen LogP contribution in [0.3, 0.4) is 0 Å². The largest absolute Gasteiger partial charge is 0.352 e. The molecule has 1 aromatic heterocycles. The summed E-state index contributed by atoms with van der Waals surface area (Å²) in [4.78, 5) is 12.5. The summed E-state index contributed by atoms with van der Waals surface area (Å²) in [5, 5.41) is 7.24. The Morgan fingerprint density at radius 3 is 2.65 bits per heavy atom. The smallest absolute Gasteiger partial charge is 0.224 e. The Morgan fingerprint density at radius 1 is 1.12 bits per heavy atom. The highest BCUT2D eigenvalue weighted by atomic mass is 19.1. The topological polar surface area (TPSA) is 46.9 Å². The van der Waals surface area contributed by atoms with Crippen LogP contribution in [0.25, 0.3) is 0 Å². The molecule has 1 amide bonds. The molecule has 2 aromatic carbocycles. The molecule has 1 saturated carbocycles. The zero-order valence-electron chi connectivity index (χ0n) is 14.3. The van der Waals surface area contributed by atoms with E-state index in [2.05, 4.69) is 10.4 Å². The number of rotatable bonds is 6. The van der Waals surface area contributed by atoms with Crippen molar-refractivity contribution in [2.24, 2.45) is 5.92 Å². The SMILES string of the molecule is O=C(NCc1ccccc1Cn1cccn1)[C@@H]1C[C@@H]1c1ccccc1F. The van der Waals surface area contributed by atoms with Crippen molar-refractivity contribution in [3.63, 3.8) is 0 Å². The second kappa shape index (κ2) is 7.12. The molecule has 26 heavy (non-hydrogen) atoms. The van der Waals surface area contributed by atoms with E-state index in [9.17, 15) is 9.18 Å². The van der Waals surface area contributed by atoms with E-state index in [1.165, 1.54) is 6.07 Å². The molecular weight excluding hydrogens is 329 g/mol. The van der Waals surface area contributed by atoms with Crippen LogP contribution in [0.15, 0.2) is 67.0 Å². The van der Waals surface area contributed by atoms with Gasteiger partial charge in [-0.1, -0.05) is 42.5 Å². The standard InChI is InChI=1S/C21H20FN3O/c22-20-9-4-3-8-17(20)18-12-19(18)21(26)23-13-15-6-1-2-7-16(15)14-25-11-5-10-24-25/h1-11,18-19H,12-14H2,(H,23,26)/t18-,19-/m1/s1. The lowest BCUT2D eigenvalue weighted by molar-refractivity contribution is -0.122. The Morgan fingerprint density at radius 2 is 1.88 bits per heavy atom. The van der Waals surface area contributed by atoms with Crippen molar-refractivity contribution in [1.29, 1.82) is 0 Å². The molecule has 4 rings (SSSR count). The summed E-state index contributed by atoms with van der Waals surface area (Å²) < 4.78 is 15.7. The van der Waals surface area contributed by atoms with E-state index in [4.69, 9.17) is 0 Å². The Balaban J connectivity index is 1.38. The number of amides is 1. The Kier molecular flexibility index (Phi) is 4.52. The van der Waals surface area contributed by atoms with Crippen LogP contribution in [-0.2, 0) is 17.9 Å². The Labute approximate surface area is 151 Å². The Bertz CT molecular complexity index is 907. The summed E-state index contributed by atoms with van der Waals surface area (Å²) in [5.41, 5.74) is 2.84. The average Bonchev–Trinajstić information content (AvgIpc) is 3.29. The summed E-state index contributed by atoms with van der Waals surface area (Å²) in [6.07, 6.45) is 4.38. The van der Waals surface area contributed by atoms with E-state index < -0.39 is 0 Å². The van der Waals surface area contributed by atoms with Gasteiger partial charge in [-0.15, -0.1) is 0 Å². The number of carbonyl (C=O) groups excluding carboxylic acids is 1. The van der Waals surface area contributed by atoms with Gasteiger partial charge < -0.3 is 5.32 Å². The summed E-state index contributed by atoms with van der Waals surface area (Å²) in [7, 11) is 0. The fraction of sp³-hybridized carbons (Fsp3) is 0.238. The van der Waals surface area contributed by atoms with Gasteiger partial charge in [-0.2, -0.15) is 5.10 Å². The van der Waals surface area contributed by atoms with Crippen molar-refractivity contribution in [3.8, 4) is 0 Å². The number of carbonyl (C=O) groups is 1. The van der Waals surface area contributed by atoms with Crippen LogP contribution in [0.1, 0.15) is 29.0 Å². The van der Waals surface area contributed by atoms with Gasteiger partial charge in [0.15, 0.2) is 0 Å². The molecule has 1 heterocycles. The van der Waals surface area contributed by atoms with Crippen LogP contribution in [0.2, 0.25) is 0 Å². The van der Waals surface area contributed by atoms with E-state index in [-0.39, 0.29) is 23.6 Å². The number of nitrogens with one attached hydrogen (secondary N) is 1. The molecule has 2 atom stereocenters. The third-order valence-corrected chi connectivity index (χ3v) is 4.89. The summed E-state index contributed by atoms with van der Waals surface area (Å²) in [5.74, 6) is -0.370. The highest BCUT2D eigenvalue weighted by Crippen LogP contribution is 2.48. The first-order valence-electron chi connectivity index (χ1n) is 8.78. The van der Waals surface area contributed by atoms with Crippen molar-refractivity contribution in [2.75, 3.05) is 0 Å². The van der Waals surface area contributed by atoms with E-state index in [0.29, 0.717) is 25.1 Å². The second-order valence-electron chi connectivity index (χ2n) is 6.66. The third kappa shape index (κ3) is 3.52. The van der Waals surface area contributed by atoms with Crippen LogP contribution < -0.4 is 5.32 Å². The molecule has 0 saturated heterocycles. The lowest BCUT2D eigenvalue weighted by atomic mass is 10.1. The van der Waals surface area contributed by atoms with Gasteiger partial charge in [0.2, 0.25) is 5.91 Å². The van der Waals surface area contributed by atoms with Gasteiger partial charge in [-0.05, 0) is 41.2 Å². The maximum Gasteiger partial charge on any atom is 0.224 e. The molecule has 3 aromatic rings. The van der Waals surface area contributed by atoms with Crippen LogP contribution in [0, 0.1) is 11.7 Å². The van der Waals surface area contributed by atoms with Crippen molar-refractivity contribution in [1.82, 2.24) is 15.1 Å². The molecular formula is C21H20FN3O. The van der Waals surface area contributed by atoms with Crippen molar-refractivity contribution >= 4 is 5.91 Å². The van der Waals surface area contributed by atoms with E-state index in [1.54, 1.807) is 18.3 Å². The quantitative estimate of drug-likeness (QED) is 0.740. The molecule has 132 valence electrons.